The van der Waals surface area contributed by atoms with Crippen LogP contribution in [0.4, 0.5) is 0 Å². The smallest absolute Gasteiger partial charge is 0.222 e. The SMILES string of the molecule is CC(CC#N)N(C)C(=O)CCCO. The number of nitrogens with zero attached hydrogens (tertiary/aromatic N) is 2. The first kappa shape index (κ1) is 11.9. The van der Waals surface area contributed by atoms with E-state index in [1.807, 2.05) is 13.0 Å². The first-order valence-corrected chi connectivity index (χ1v) is 4.37. The van der Waals surface area contributed by atoms with Gasteiger partial charge in [0.15, 0.2) is 0 Å². The predicted molar refractivity (Wildman–Crippen MR) is 48.8 cm³/mol. The van der Waals surface area contributed by atoms with Crippen LogP contribution in [0.2, 0.25) is 0 Å². The number of carbonyl (C=O) groups excluding carboxylic acids is 1. The van der Waals surface area contributed by atoms with Gasteiger partial charge in [-0.05, 0) is 13.3 Å². The zero-order valence-corrected chi connectivity index (χ0v) is 8.16. The molecule has 1 atom stereocenters. The summed E-state index contributed by atoms with van der Waals surface area (Å²) in [6.07, 6.45) is 1.19. The standard InChI is InChI=1S/C9H16N2O2/c1-8(5-6-10)11(2)9(13)4-3-7-12/h8,12H,3-5,7H2,1-2H3. The highest BCUT2D eigenvalue weighted by Gasteiger charge is 2.14. The van der Waals surface area contributed by atoms with E-state index in [0.717, 1.165) is 0 Å². The lowest BCUT2D eigenvalue weighted by molar-refractivity contribution is -0.131. The van der Waals surface area contributed by atoms with Crippen LogP contribution < -0.4 is 0 Å². The second-order valence-electron chi connectivity index (χ2n) is 3.04. The highest BCUT2D eigenvalue weighted by atomic mass is 16.3. The molecule has 1 unspecified atom stereocenters. The molecule has 0 radical (unpaired) electrons. The number of hydrogen-bond acceptors (Lipinski definition) is 3. The van der Waals surface area contributed by atoms with E-state index in [0.29, 0.717) is 19.3 Å². The van der Waals surface area contributed by atoms with E-state index in [1.165, 1.54) is 0 Å². The number of carbonyl (C=O) groups is 1. The average molecular weight is 184 g/mol. The van der Waals surface area contributed by atoms with Gasteiger partial charge >= 0.3 is 0 Å². The zero-order chi connectivity index (χ0) is 10.3. The van der Waals surface area contributed by atoms with Crippen LogP contribution in [0.15, 0.2) is 0 Å². The molecule has 0 aromatic carbocycles. The minimum atomic E-state index is -0.0452. The Morgan fingerprint density at radius 1 is 1.69 bits per heavy atom. The highest BCUT2D eigenvalue weighted by molar-refractivity contribution is 5.76. The van der Waals surface area contributed by atoms with Crippen molar-refractivity contribution >= 4 is 5.91 Å². The van der Waals surface area contributed by atoms with Crippen LogP contribution in [0.3, 0.4) is 0 Å². The van der Waals surface area contributed by atoms with E-state index in [9.17, 15) is 4.79 Å². The largest absolute Gasteiger partial charge is 0.396 e. The van der Waals surface area contributed by atoms with Crippen molar-refractivity contribution in [3.05, 3.63) is 0 Å². The summed E-state index contributed by atoms with van der Waals surface area (Å²) >= 11 is 0. The molecule has 74 valence electrons. The second-order valence-corrected chi connectivity index (χ2v) is 3.04. The zero-order valence-electron chi connectivity index (χ0n) is 8.16. The topological polar surface area (TPSA) is 64.3 Å². The molecule has 0 bridgehead atoms. The van der Waals surface area contributed by atoms with E-state index < -0.39 is 0 Å². The van der Waals surface area contributed by atoms with E-state index in [2.05, 4.69) is 0 Å². The molecular weight excluding hydrogens is 168 g/mol. The highest BCUT2D eigenvalue weighted by Crippen LogP contribution is 2.03. The Morgan fingerprint density at radius 3 is 2.77 bits per heavy atom. The van der Waals surface area contributed by atoms with Crippen molar-refractivity contribution in [3.8, 4) is 6.07 Å². The average Bonchev–Trinajstić information content (AvgIpc) is 2.13. The number of nitriles is 1. The van der Waals surface area contributed by atoms with Crippen molar-refractivity contribution in [1.29, 1.82) is 5.26 Å². The molecule has 0 rings (SSSR count). The minimum absolute atomic E-state index is 0.0169. The molecule has 4 heteroatoms. The predicted octanol–water partition coefficient (Wildman–Crippen LogP) is 0.519. The normalized spacial score (nSPS) is 11.8. The summed E-state index contributed by atoms with van der Waals surface area (Å²) in [7, 11) is 1.68. The van der Waals surface area contributed by atoms with Crippen LogP contribution in [-0.2, 0) is 4.79 Å². The maximum absolute atomic E-state index is 11.3. The fourth-order valence-corrected chi connectivity index (χ4v) is 0.921. The minimum Gasteiger partial charge on any atom is -0.396 e. The molecule has 0 saturated carbocycles. The fraction of sp³-hybridized carbons (Fsp3) is 0.778. The lowest BCUT2D eigenvalue weighted by atomic mass is 10.2. The van der Waals surface area contributed by atoms with Gasteiger partial charge < -0.3 is 10.0 Å². The molecule has 0 spiro atoms. The molecule has 0 aromatic heterocycles. The lowest BCUT2D eigenvalue weighted by Crippen LogP contribution is -2.34. The number of aliphatic hydroxyl groups excluding tert-OH is 1. The van der Waals surface area contributed by atoms with Crippen LogP contribution >= 0.6 is 0 Å². The lowest BCUT2D eigenvalue weighted by Gasteiger charge is -2.22. The van der Waals surface area contributed by atoms with Gasteiger partial charge in [-0.15, -0.1) is 0 Å². The van der Waals surface area contributed by atoms with Crippen molar-refractivity contribution in [1.82, 2.24) is 4.90 Å². The van der Waals surface area contributed by atoms with Crippen molar-refractivity contribution in [2.45, 2.75) is 32.2 Å². The van der Waals surface area contributed by atoms with Gasteiger partial charge in [-0.1, -0.05) is 0 Å². The van der Waals surface area contributed by atoms with Gasteiger partial charge in [0.25, 0.3) is 0 Å². The fourth-order valence-electron chi connectivity index (χ4n) is 0.921. The van der Waals surface area contributed by atoms with E-state index in [4.69, 9.17) is 10.4 Å². The Bertz CT molecular complexity index is 198. The third-order valence-corrected chi connectivity index (χ3v) is 1.99. The van der Waals surface area contributed by atoms with Crippen LogP contribution in [0.1, 0.15) is 26.2 Å². The Labute approximate surface area is 78.8 Å². The summed E-state index contributed by atoms with van der Waals surface area (Å²) in [5.41, 5.74) is 0. The molecule has 0 heterocycles. The van der Waals surface area contributed by atoms with Crippen molar-refractivity contribution in [2.24, 2.45) is 0 Å². The maximum atomic E-state index is 11.3. The third kappa shape index (κ3) is 4.48. The number of amides is 1. The summed E-state index contributed by atoms with van der Waals surface area (Å²) < 4.78 is 0. The van der Waals surface area contributed by atoms with Crippen LogP contribution in [0, 0.1) is 11.3 Å². The van der Waals surface area contributed by atoms with Gasteiger partial charge in [0.1, 0.15) is 0 Å². The quantitative estimate of drug-likeness (QED) is 0.677. The monoisotopic (exact) mass is 184 g/mol. The molecule has 0 aliphatic rings. The molecule has 0 fully saturated rings. The first-order chi connectivity index (χ1) is 6.13. The Morgan fingerprint density at radius 2 is 2.31 bits per heavy atom. The van der Waals surface area contributed by atoms with Gasteiger partial charge in [0.2, 0.25) is 5.91 Å². The van der Waals surface area contributed by atoms with Crippen LogP contribution in [0.5, 0.6) is 0 Å². The molecule has 0 saturated heterocycles. The van der Waals surface area contributed by atoms with E-state index in [-0.39, 0.29) is 18.6 Å². The number of aliphatic hydroxyl groups is 1. The third-order valence-electron chi connectivity index (χ3n) is 1.99. The van der Waals surface area contributed by atoms with Gasteiger partial charge in [-0.2, -0.15) is 5.26 Å². The number of hydrogen-bond donors (Lipinski definition) is 1. The summed E-state index contributed by atoms with van der Waals surface area (Å²) in [5, 5.41) is 16.9. The molecule has 1 amide bonds. The summed E-state index contributed by atoms with van der Waals surface area (Å²) in [5.74, 6) is -0.0169. The second kappa shape index (κ2) is 6.44. The van der Waals surface area contributed by atoms with Crippen LogP contribution in [-0.4, -0.2) is 35.6 Å². The Kier molecular flexibility index (Phi) is 5.90. The van der Waals surface area contributed by atoms with Gasteiger partial charge in [0, 0.05) is 26.1 Å². The van der Waals surface area contributed by atoms with Crippen molar-refractivity contribution in [3.63, 3.8) is 0 Å². The Balaban J connectivity index is 3.88. The van der Waals surface area contributed by atoms with Crippen molar-refractivity contribution in [2.75, 3.05) is 13.7 Å². The van der Waals surface area contributed by atoms with Gasteiger partial charge in [-0.25, -0.2) is 0 Å². The van der Waals surface area contributed by atoms with Crippen molar-refractivity contribution < 1.29 is 9.90 Å². The molecule has 4 nitrogen and oxygen atoms in total. The molecule has 1 N–H and O–H groups in total. The number of rotatable bonds is 5. The molecule has 0 aromatic rings. The van der Waals surface area contributed by atoms with Gasteiger partial charge in [0.05, 0.1) is 12.5 Å². The van der Waals surface area contributed by atoms with E-state index >= 15 is 0 Å². The van der Waals surface area contributed by atoms with Crippen LogP contribution in [0.25, 0.3) is 0 Å². The maximum Gasteiger partial charge on any atom is 0.222 e. The van der Waals surface area contributed by atoms with Gasteiger partial charge in [-0.3, -0.25) is 4.79 Å². The molecular formula is C9H16N2O2. The summed E-state index contributed by atoms with van der Waals surface area (Å²) in [4.78, 5) is 12.9. The summed E-state index contributed by atoms with van der Waals surface area (Å²) in [6.45, 7) is 1.87. The Hall–Kier alpha value is -1.08. The van der Waals surface area contributed by atoms with E-state index in [1.54, 1.807) is 11.9 Å². The first-order valence-electron chi connectivity index (χ1n) is 4.37. The molecule has 0 aliphatic heterocycles. The summed E-state index contributed by atoms with van der Waals surface area (Å²) in [6, 6.07) is 1.97. The molecule has 0 aliphatic carbocycles. The molecule has 13 heavy (non-hydrogen) atoms.